The van der Waals surface area contributed by atoms with Crippen molar-refractivity contribution in [1.29, 1.82) is 0 Å². The van der Waals surface area contributed by atoms with Crippen molar-refractivity contribution < 1.29 is 4.42 Å². The van der Waals surface area contributed by atoms with Crippen LogP contribution < -0.4 is 5.43 Å². The molecule has 0 spiro atoms. The van der Waals surface area contributed by atoms with Crippen LogP contribution >= 0.6 is 0 Å². The molecule has 3 rings (SSSR count). The van der Waals surface area contributed by atoms with Gasteiger partial charge in [-0.05, 0) is 12.1 Å². The molecule has 4 heteroatoms. The third-order valence-electron chi connectivity index (χ3n) is 2.19. The van der Waals surface area contributed by atoms with Crippen molar-refractivity contribution in [3.05, 3.63) is 40.7 Å². The van der Waals surface area contributed by atoms with E-state index >= 15 is 0 Å². The molecule has 3 aromatic rings. The summed E-state index contributed by atoms with van der Waals surface area (Å²) in [6.07, 6.45) is 1.48. The van der Waals surface area contributed by atoms with Gasteiger partial charge in [0.15, 0.2) is 0 Å². The number of fused-ring (bicyclic) bond motifs is 2. The fourth-order valence-electron chi connectivity index (χ4n) is 1.51. The van der Waals surface area contributed by atoms with E-state index in [1.807, 2.05) is 12.1 Å². The molecule has 0 bridgehead atoms. The molecule has 0 saturated heterocycles. The highest BCUT2D eigenvalue weighted by atomic mass is 16.3. The first-order valence-electron chi connectivity index (χ1n) is 4.21. The van der Waals surface area contributed by atoms with Crippen LogP contribution in [0.15, 0.2) is 39.7 Å². The highest BCUT2D eigenvalue weighted by Crippen LogP contribution is 2.15. The maximum Gasteiger partial charge on any atom is 0.226 e. The number of aromatic nitrogens is 2. The third kappa shape index (κ3) is 0.821. The van der Waals surface area contributed by atoms with Gasteiger partial charge in [0.05, 0.1) is 11.6 Å². The Kier molecular flexibility index (Phi) is 1.28. The van der Waals surface area contributed by atoms with Crippen molar-refractivity contribution in [1.82, 2.24) is 10.2 Å². The lowest BCUT2D eigenvalue weighted by molar-refractivity contribution is 0.642. The molecule has 4 nitrogen and oxygen atoms in total. The second kappa shape index (κ2) is 2.45. The molecule has 0 saturated carbocycles. The summed E-state index contributed by atoms with van der Waals surface area (Å²) in [5.74, 6) is 0. The summed E-state index contributed by atoms with van der Waals surface area (Å²) in [6, 6.07) is 7.14. The second-order valence-corrected chi connectivity index (χ2v) is 3.04. The van der Waals surface area contributed by atoms with Crippen LogP contribution in [0.5, 0.6) is 0 Å². The van der Waals surface area contributed by atoms with Gasteiger partial charge in [-0.25, -0.2) is 5.10 Å². The number of nitrogens with zero attached hydrogens (tertiary/aromatic N) is 1. The topological polar surface area (TPSA) is 58.9 Å². The number of nitrogens with one attached hydrogen (secondary N) is 1. The molecule has 0 aliphatic carbocycles. The molecule has 0 fully saturated rings. The van der Waals surface area contributed by atoms with E-state index in [1.165, 1.54) is 6.20 Å². The van der Waals surface area contributed by atoms with E-state index in [1.54, 1.807) is 12.1 Å². The Morgan fingerprint density at radius 3 is 3.00 bits per heavy atom. The molecule has 0 unspecified atom stereocenters. The van der Waals surface area contributed by atoms with Gasteiger partial charge in [0, 0.05) is 0 Å². The summed E-state index contributed by atoms with van der Waals surface area (Å²) >= 11 is 0. The number of para-hydroxylation sites is 1. The number of aromatic amines is 1. The molecule has 0 aliphatic rings. The maximum atomic E-state index is 11.8. The number of rotatable bonds is 0. The summed E-state index contributed by atoms with van der Waals surface area (Å²) in [7, 11) is 0. The minimum atomic E-state index is -0.0457. The molecule has 0 atom stereocenters. The van der Waals surface area contributed by atoms with Crippen LogP contribution in [0.1, 0.15) is 0 Å². The number of hydrogen-bond donors (Lipinski definition) is 1. The summed E-state index contributed by atoms with van der Waals surface area (Å²) in [5, 5.41) is 7.48. The summed E-state index contributed by atoms with van der Waals surface area (Å²) in [4.78, 5) is 11.8. The van der Waals surface area contributed by atoms with Gasteiger partial charge in [0.2, 0.25) is 11.1 Å². The Balaban J connectivity index is 2.70. The zero-order chi connectivity index (χ0) is 9.54. The number of benzene rings is 1. The van der Waals surface area contributed by atoms with E-state index in [-0.39, 0.29) is 5.43 Å². The van der Waals surface area contributed by atoms with Crippen LogP contribution in [0, 0.1) is 0 Å². The third-order valence-corrected chi connectivity index (χ3v) is 2.19. The molecular formula is C10H6N2O2. The fraction of sp³-hybridized carbons (Fsp3) is 0. The molecule has 1 N–H and O–H groups in total. The van der Waals surface area contributed by atoms with Gasteiger partial charge in [-0.1, -0.05) is 12.1 Å². The first-order chi connectivity index (χ1) is 6.86. The van der Waals surface area contributed by atoms with E-state index in [0.717, 1.165) is 0 Å². The molecule has 1 aromatic carbocycles. The van der Waals surface area contributed by atoms with Crippen LogP contribution in [0.4, 0.5) is 0 Å². The Morgan fingerprint density at radius 2 is 2.07 bits per heavy atom. The van der Waals surface area contributed by atoms with Crippen molar-refractivity contribution in [3.63, 3.8) is 0 Å². The minimum Gasteiger partial charge on any atom is -0.438 e. The van der Waals surface area contributed by atoms with E-state index in [0.29, 0.717) is 22.1 Å². The molecule has 0 amide bonds. The Morgan fingerprint density at radius 1 is 1.21 bits per heavy atom. The van der Waals surface area contributed by atoms with Crippen molar-refractivity contribution in [2.24, 2.45) is 0 Å². The molecule has 14 heavy (non-hydrogen) atoms. The molecule has 0 aliphatic heterocycles. The lowest BCUT2D eigenvalue weighted by Crippen LogP contribution is -1.99. The predicted octanol–water partition coefficient (Wildman–Crippen LogP) is 1.67. The zero-order valence-electron chi connectivity index (χ0n) is 7.15. The normalized spacial score (nSPS) is 11.1. The molecule has 2 aromatic heterocycles. The highest BCUT2D eigenvalue weighted by molar-refractivity contribution is 5.87. The van der Waals surface area contributed by atoms with Crippen molar-refractivity contribution in [3.8, 4) is 0 Å². The quantitative estimate of drug-likeness (QED) is 0.581. The molecule has 2 heterocycles. The lowest BCUT2D eigenvalue weighted by Gasteiger charge is -1.94. The van der Waals surface area contributed by atoms with Gasteiger partial charge in [-0.3, -0.25) is 4.79 Å². The zero-order valence-corrected chi connectivity index (χ0v) is 7.15. The van der Waals surface area contributed by atoms with Gasteiger partial charge >= 0.3 is 0 Å². The largest absolute Gasteiger partial charge is 0.438 e. The number of H-pyrrole nitrogens is 1. The highest BCUT2D eigenvalue weighted by Gasteiger charge is 2.07. The van der Waals surface area contributed by atoms with Gasteiger partial charge in [0.1, 0.15) is 11.0 Å². The maximum absolute atomic E-state index is 11.8. The standard InChI is InChI=1S/C10H6N2O2/c13-9-6-3-1-2-4-8(6)14-10-7(9)5-11-12-10/h1-5H,(H,11,12). The van der Waals surface area contributed by atoms with Crippen LogP contribution in [-0.4, -0.2) is 10.2 Å². The van der Waals surface area contributed by atoms with Crippen molar-refractivity contribution in [2.75, 3.05) is 0 Å². The summed E-state index contributed by atoms with van der Waals surface area (Å²) in [5.41, 5.74) is 0.957. The van der Waals surface area contributed by atoms with Gasteiger partial charge < -0.3 is 4.42 Å². The van der Waals surface area contributed by atoms with E-state index in [2.05, 4.69) is 10.2 Å². The lowest BCUT2D eigenvalue weighted by atomic mass is 10.2. The van der Waals surface area contributed by atoms with Crippen molar-refractivity contribution in [2.45, 2.75) is 0 Å². The van der Waals surface area contributed by atoms with Crippen LogP contribution in [-0.2, 0) is 0 Å². The van der Waals surface area contributed by atoms with Crippen molar-refractivity contribution >= 4 is 22.1 Å². The fourth-order valence-corrected chi connectivity index (χ4v) is 1.51. The van der Waals surface area contributed by atoms with E-state index < -0.39 is 0 Å². The summed E-state index contributed by atoms with van der Waals surface area (Å²) in [6.45, 7) is 0. The van der Waals surface area contributed by atoms with Gasteiger partial charge in [0.25, 0.3) is 0 Å². The van der Waals surface area contributed by atoms with Crippen LogP contribution in [0.25, 0.3) is 22.1 Å². The van der Waals surface area contributed by atoms with Crippen LogP contribution in [0.2, 0.25) is 0 Å². The average Bonchev–Trinajstić information content (AvgIpc) is 2.66. The Labute approximate surface area is 78.2 Å². The monoisotopic (exact) mass is 186 g/mol. The Hall–Kier alpha value is -2.10. The average molecular weight is 186 g/mol. The molecular weight excluding hydrogens is 180 g/mol. The minimum absolute atomic E-state index is 0.0457. The first kappa shape index (κ1) is 7.32. The SMILES string of the molecule is O=c1c2ccccc2oc2[nH]ncc12. The molecule has 0 radical (unpaired) electrons. The van der Waals surface area contributed by atoms with Crippen LogP contribution in [0.3, 0.4) is 0 Å². The van der Waals surface area contributed by atoms with E-state index in [9.17, 15) is 4.79 Å². The number of hydrogen-bond acceptors (Lipinski definition) is 3. The predicted molar refractivity (Wildman–Crippen MR) is 52.1 cm³/mol. The summed E-state index contributed by atoms with van der Waals surface area (Å²) < 4.78 is 5.45. The van der Waals surface area contributed by atoms with Gasteiger partial charge in [-0.2, -0.15) is 5.10 Å². The Bertz CT molecular complexity index is 666. The smallest absolute Gasteiger partial charge is 0.226 e. The molecule has 68 valence electrons. The second-order valence-electron chi connectivity index (χ2n) is 3.04. The van der Waals surface area contributed by atoms with Gasteiger partial charge in [-0.15, -0.1) is 0 Å². The first-order valence-corrected chi connectivity index (χ1v) is 4.21. The van der Waals surface area contributed by atoms with E-state index in [4.69, 9.17) is 4.42 Å².